The minimum absolute atomic E-state index is 0.0707. The topological polar surface area (TPSA) is 85.1 Å². The predicted molar refractivity (Wildman–Crippen MR) is 133 cm³/mol. The first kappa shape index (κ1) is 22.0. The second kappa shape index (κ2) is 10.4. The number of thiocarbonyl (C=S) groups is 1. The standard InChI is InChI=1S/C25H21N3O4S/c1-30-21-10-6-9-20(14-21)27-25(33)28-26-15-18-8-3-4-11-22(18)31-16-19-13-17-7-2-5-12-23(17)32-24(19)29/h2-15H,16H2,1H3,(H2,27,28,33)/b26-15+. The highest BCUT2D eigenvalue weighted by molar-refractivity contribution is 7.80. The fourth-order valence-corrected chi connectivity index (χ4v) is 3.27. The maximum Gasteiger partial charge on any atom is 0.342 e. The quantitative estimate of drug-likeness (QED) is 0.179. The molecule has 0 aliphatic rings. The highest BCUT2D eigenvalue weighted by Crippen LogP contribution is 2.19. The first-order valence-electron chi connectivity index (χ1n) is 10.1. The van der Waals surface area contributed by atoms with Crippen LogP contribution in [0.25, 0.3) is 11.0 Å². The van der Waals surface area contributed by atoms with E-state index in [0.717, 1.165) is 22.4 Å². The van der Waals surface area contributed by atoms with E-state index < -0.39 is 5.63 Å². The Labute approximate surface area is 195 Å². The van der Waals surface area contributed by atoms with Crippen LogP contribution in [0, 0.1) is 0 Å². The number of fused-ring (bicyclic) bond motifs is 1. The van der Waals surface area contributed by atoms with E-state index in [0.29, 0.717) is 22.0 Å². The number of rotatable bonds is 7. The Morgan fingerprint density at radius 3 is 2.76 bits per heavy atom. The Morgan fingerprint density at radius 1 is 1.06 bits per heavy atom. The average Bonchev–Trinajstić information content (AvgIpc) is 2.83. The number of para-hydroxylation sites is 2. The summed E-state index contributed by atoms with van der Waals surface area (Å²) in [6.45, 7) is 0.0707. The van der Waals surface area contributed by atoms with Crippen molar-refractivity contribution in [3.63, 3.8) is 0 Å². The van der Waals surface area contributed by atoms with Crippen LogP contribution in [-0.4, -0.2) is 18.4 Å². The van der Waals surface area contributed by atoms with E-state index in [1.54, 1.807) is 31.5 Å². The monoisotopic (exact) mass is 459 g/mol. The van der Waals surface area contributed by atoms with E-state index in [1.165, 1.54) is 0 Å². The molecule has 0 spiro atoms. The average molecular weight is 460 g/mol. The smallest absolute Gasteiger partial charge is 0.342 e. The molecular weight excluding hydrogens is 438 g/mol. The lowest BCUT2D eigenvalue weighted by atomic mass is 10.2. The summed E-state index contributed by atoms with van der Waals surface area (Å²) >= 11 is 5.28. The molecule has 3 aromatic carbocycles. The van der Waals surface area contributed by atoms with Gasteiger partial charge in [-0.3, -0.25) is 5.43 Å². The van der Waals surface area contributed by atoms with Crippen molar-refractivity contribution in [2.75, 3.05) is 12.4 Å². The van der Waals surface area contributed by atoms with E-state index in [1.807, 2.05) is 60.7 Å². The van der Waals surface area contributed by atoms with Gasteiger partial charge >= 0.3 is 5.63 Å². The van der Waals surface area contributed by atoms with Crippen molar-refractivity contribution in [2.24, 2.45) is 5.10 Å². The van der Waals surface area contributed by atoms with E-state index in [9.17, 15) is 4.79 Å². The number of ether oxygens (including phenoxy) is 2. The lowest BCUT2D eigenvalue weighted by molar-refractivity contribution is 0.300. The summed E-state index contributed by atoms with van der Waals surface area (Å²) in [6, 6.07) is 23.9. The third kappa shape index (κ3) is 5.75. The highest BCUT2D eigenvalue weighted by atomic mass is 32.1. The Bertz CT molecular complexity index is 1370. The fraction of sp³-hybridized carbons (Fsp3) is 0.0800. The van der Waals surface area contributed by atoms with Crippen molar-refractivity contribution < 1.29 is 13.9 Å². The second-order valence-corrected chi connectivity index (χ2v) is 7.39. The largest absolute Gasteiger partial charge is 0.497 e. The van der Waals surface area contributed by atoms with E-state index in [-0.39, 0.29) is 6.61 Å². The summed E-state index contributed by atoms with van der Waals surface area (Å²) in [7, 11) is 1.60. The molecular formula is C25H21N3O4S. The number of benzene rings is 3. The van der Waals surface area contributed by atoms with Gasteiger partial charge in [-0.25, -0.2) is 4.79 Å². The zero-order chi connectivity index (χ0) is 23.0. The summed E-state index contributed by atoms with van der Waals surface area (Å²) in [6.07, 6.45) is 1.60. The van der Waals surface area contributed by atoms with Gasteiger partial charge in [0, 0.05) is 22.7 Å². The molecule has 7 nitrogen and oxygen atoms in total. The molecule has 0 fully saturated rings. The third-order valence-corrected chi connectivity index (χ3v) is 4.91. The zero-order valence-electron chi connectivity index (χ0n) is 17.8. The van der Waals surface area contributed by atoms with Crippen molar-refractivity contribution in [1.82, 2.24) is 5.43 Å². The SMILES string of the molecule is COc1cccc(NC(=S)N/N=C/c2ccccc2OCc2cc3ccccc3oc2=O)c1. The maximum absolute atomic E-state index is 12.3. The Balaban J connectivity index is 1.40. The van der Waals surface area contributed by atoms with Crippen LogP contribution >= 0.6 is 12.2 Å². The molecule has 0 radical (unpaired) electrons. The summed E-state index contributed by atoms with van der Waals surface area (Å²) in [5.74, 6) is 1.29. The van der Waals surface area contributed by atoms with Crippen LogP contribution in [0.1, 0.15) is 11.1 Å². The van der Waals surface area contributed by atoms with Crippen LogP contribution in [0.3, 0.4) is 0 Å². The molecule has 0 amide bonds. The summed E-state index contributed by atoms with van der Waals surface area (Å²) in [4.78, 5) is 12.3. The van der Waals surface area contributed by atoms with Gasteiger partial charge < -0.3 is 19.2 Å². The van der Waals surface area contributed by atoms with Crippen LogP contribution in [0.5, 0.6) is 11.5 Å². The van der Waals surface area contributed by atoms with Crippen molar-refractivity contribution in [1.29, 1.82) is 0 Å². The number of hydrogen-bond acceptors (Lipinski definition) is 6. The number of hydrogen-bond donors (Lipinski definition) is 2. The van der Waals surface area contributed by atoms with Crippen molar-refractivity contribution in [3.8, 4) is 11.5 Å². The molecule has 166 valence electrons. The van der Waals surface area contributed by atoms with E-state index >= 15 is 0 Å². The number of methoxy groups -OCH3 is 1. The van der Waals surface area contributed by atoms with Crippen LogP contribution in [0.15, 0.2) is 93.2 Å². The van der Waals surface area contributed by atoms with E-state index in [4.69, 9.17) is 26.1 Å². The Hall–Kier alpha value is -4.17. The van der Waals surface area contributed by atoms with Gasteiger partial charge in [0.25, 0.3) is 0 Å². The van der Waals surface area contributed by atoms with Gasteiger partial charge in [0.15, 0.2) is 5.11 Å². The van der Waals surface area contributed by atoms with Gasteiger partial charge in [0.05, 0.1) is 18.9 Å². The predicted octanol–water partition coefficient (Wildman–Crippen LogP) is 4.70. The van der Waals surface area contributed by atoms with Crippen molar-refractivity contribution in [3.05, 3.63) is 100 Å². The first-order chi connectivity index (χ1) is 16.1. The fourth-order valence-electron chi connectivity index (χ4n) is 3.10. The third-order valence-electron chi connectivity index (χ3n) is 4.71. The molecule has 0 aliphatic heterocycles. The second-order valence-electron chi connectivity index (χ2n) is 6.98. The molecule has 33 heavy (non-hydrogen) atoms. The maximum atomic E-state index is 12.3. The lowest BCUT2D eigenvalue weighted by Gasteiger charge is -2.10. The molecule has 0 aliphatic carbocycles. The zero-order valence-corrected chi connectivity index (χ0v) is 18.6. The number of anilines is 1. The van der Waals surface area contributed by atoms with Gasteiger partial charge in [0.2, 0.25) is 0 Å². The molecule has 2 N–H and O–H groups in total. The molecule has 0 unspecified atom stereocenters. The molecule has 0 atom stereocenters. The van der Waals surface area contributed by atoms with Gasteiger partial charge in [0.1, 0.15) is 23.7 Å². The van der Waals surface area contributed by atoms with Gasteiger partial charge in [-0.15, -0.1) is 0 Å². The van der Waals surface area contributed by atoms with Crippen molar-refractivity contribution in [2.45, 2.75) is 6.61 Å². The minimum atomic E-state index is -0.421. The summed E-state index contributed by atoms with van der Waals surface area (Å²) in [5.41, 5.74) is 4.83. The van der Waals surface area contributed by atoms with Gasteiger partial charge in [-0.2, -0.15) is 5.10 Å². The van der Waals surface area contributed by atoms with Crippen LogP contribution < -0.4 is 25.8 Å². The first-order valence-corrected chi connectivity index (χ1v) is 10.5. The summed E-state index contributed by atoms with van der Waals surface area (Å²) in [5, 5.41) is 8.38. The van der Waals surface area contributed by atoms with Crippen LogP contribution in [-0.2, 0) is 6.61 Å². The van der Waals surface area contributed by atoms with Gasteiger partial charge in [-0.1, -0.05) is 36.4 Å². The molecule has 0 saturated heterocycles. The molecule has 0 saturated carbocycles. The number of nitrogens with zero attached hydrogens (tertiary/aromatic N) is 1. The normalized spacial score (nSPS) is 10.8. The number of nitrogens with one attached hydrogen (secondary N) is 2. The van der Waals surface area contributed by atoms with Crippen LogP contribution in [0.4, 0.5) is 5.69 Å². The molecule has 8 heteroatoms. The highest BCUT2D eigenvalue weighted by Gasteiger charge is 2.08. The summed E-state index contributed by atoms with van der Waals surface area (Å²) < 4.78 is 16.5. The molecule has 1 heterocycles. The Kier molecular flexibility index (Phi) is 6.96. The number of hydrazone groups is 1. The lowest BCUT2D eigenvalue weighted by Crippen LogP contribution is -2.23. The van der Waals surface area contributed by atoms with E-state index in [2.05, 4.69) is 15.8 Å². The molecule has 0 bridgehead atoms. The minimum Gasteiger partial charge on any atom is -0.497 e. The molecule has 4 aromatic rings. The van der Waals surface area contributed by atoms with Crippen molar-refractivity contribution >= 4 is 40.2 Å². The Morgan fingerprint density at radius 2 is 1.88 bits per heavy atom. The van der Waals surface area contributed by atoms with Crippen LogP contribution in [0.2, 0.25) is 0 Å². The molecule has 1 aromatic heterocycles. The van der Waals surface area contributed by atoms with Gasteiger partial charge in [-0.05, 0) is 48.6 Å². The molecule has 4 rings (SSSR count).